The van der Waals surface area contributed by atoms with Gasteiger partial charge in [0.15, 0.2) is 0 Å². The van der Waals surface area contributed by atoms with Crippen LogP contribution in [-0.2, 0) is 9.53 Å². The molecule has 3 unspecified atom stereocenters. The monoisotopic (exact) mass is 197 g/mol. The van der Waals surface area contributed by atoms with Crippen molar-refractivity contribution in [3.8, 4) is 0 Å². The first-order valence-electron chi connectivity index (χ1n) is 5.54. The topological polar surface area (TPSA) is 29.5 Å². The SMILES string of the molecule is CC(=O)CC(C)N1CC2CCC(C1)O2. The second-order valence-electron chi connectivity index (χ2n) is 4.67. The molecule has 3 nitrogen and oxygen atoms in total. The standard InChI is InChI=1S/C11H19NO2/c1-8(5-9(2)13)12-6-10-3-4-11(7-12)14-10/h8,10-11H,3-7H2,1-2H3. The van der Waals surface area contributed by atoms with E-state index >= 15 is 0 Å². The van der Waals surface area contributed by atoms with Crippen molar-refractivity contribution in [1.29, 1.82) is 0 Å². The van der Waals surface area contributed by atoms with Crippen molar-refractivity contribution in [2.24, 2.45) is 0 Å². The molecule has 0 radical (unpaired) electrons. The summed E-state index contributed by atoms with van der Waals surface area (Å²) in [5.41, 5.74) is 0. The zero-order valence-corrected chi connectivity index (χ0v) is 9.03. The number of ether oxygens (including phenoxy) is 1. The number of morpholine rings is 1. The summed E-state index contributed by atoms with van der Waals surface area (Å²) in [6.07, 6.45) is 3.95. The Bertz CT molecular complexity index is 217. The van der Waals surface area contributed by atoms with Crippen LogP contribution in [0.25, 0.3) is 0 Å². The number of likely N-dealkylation sites (tertiary alicyclic amines) is 1. The van der Waals surface area contributed by atoms with Crippen molar-refractivity contribution in [2.45, 2.75) is 51.4 Å². The molecule has 0 amide bonds. The smallest absolute Gasteiger partial charge is 0.131 e. The lowest BCUT2D eigenvalue weighted by molar-refractivity contribution is -0.119. The maximum absolute atomic E-state index is 11.0. The summed E-state index contributed by atoms with van der Waals surface area (Å²) < 4.78 is 5.76. The van der Waals surface area contributed by atoms with Gasteiger partial charge in [-0.25, -0.2) is 0 Å². The highest BCUT2D eigenvalue weighted by Gasteiger charge is 2.35. The predicted molar refractivity (Wildman–Crippen MR) is 54.2 cm³/mol. The van der Waals surface area contributed by atoms with Gasteiger partial charge in [0.1, 0.15) is 5.78 Å². The van der Waals surface area contributed by atoms with Crippen LogP contribution in [0.3, 0.4) is 0 Å². The van der Waals surface area contributed by atoms with E-state index in [1.165, 1.54) is 12.8 Å². The van der Waals surface area contributed by atoms with E-state index < -0.39 is 0 Å². The van der Waals surface area contributed by atoms with E-state index in [2.05, 4.69) is 11.8 Å². The van der Waals surface area contributed by atoms with E-state index in [0.29, 0.717) is 24.7 Å². The van der Waals surface area contributed by atoms with Crippen molar-refractivity contribution < 1.29 is 9.53 Å². The van der Waals surface area contributed by atoms with Crippen molar-refractivity contribution in [2.75, 3.05) is 13.1 Å². The molecule has 0 spiro atoms. The van der Waals surface area contributed by atoms with Crippen LogP contribution in [0.1, 0.15) is 33.1 Å². The third-order valence-electron chi connectivity index (χ3n) is 3.28. The van der Waals surface area contributed by atoms with Crippen molar-refractivity contribution >= 4 is 5.78 Å². The molecule has 2 saturated heterocycles. The van der Waals surface area contributed by atoms with Crippen molar-refractivity contribution in [1.82, 2.24) is 4.90 Å². The summed E-state index contributed by atoms with van der Waals surface area (Å²) >= 11 is 0. The molecule has 2 heterocycles. The maximum Gasteiger partial charge on any atom is 0.131 e. The van der Waals surface area contributed by atoms with Gasteiger partial charge in [-0.15, -0.1) is 0 Å². The van der Waals surface area contributed by atoms with E-state index in [9.17, 15) is 4.79 Å². The number of carbonyl (C=O) groups excluding carboxylic acids is 1. The Labute approximate surface area is 85.4 Å². The number of rotatable bonds is 3. The van der Waals surface area contributed by atoms with E-state index in [0.717, 1.165) is 13.1 Å². The highest BCUT2D eigenvalue weighted by atomic mass is 16.5. The summed E-state index contributed by atoms with van der Waals surface area (Å²) in [7, 11) is 0. The maximum atomic E-state index is 11.0. The molecular weight excluding hydrogens is 178 g/mol. The Hall–Kier alpha value is -0.410. The van der Waals surface area contributed by atoms with E-state index in [1.54, 1.807) is 6.92 Å². The largest absolute Gasteiger partial charge is 0.372 e. The molecule has 2 fully saturated rings. The molecule has 0 saturated carbocycles. The summed E-state index contributed by atoms with van der Waals surface area (Å²) in [4.78, 5) is 13.4. The lowest BCUT2D eigenvalue weighted by Gasteiger charge is -2.36. The highest BCUT2D eigenvalue weighted by molar-refractivity contribution is 5.76. The van der Waals surface area contributed by atoms with Gasteiger partial charge in [0.05, 0.1) is 12.2 Å². The van der Waals surface area contributed by atoms with Gasteiger partial charge in [0, 0.05) is 25.6 Å². The molecule has 3 atom stereocenters. The Morgan fingerprint density at radius 2 is 2.00 bits per heavy atom. The van der Waals surface area contributed by atoms with Gasteiger partial charge >= 0.3 is 0 Å². The number of hydrogen-bond acceptors (Lipinski definition) is 3. The molecule has 14 heavy (non-hydrogen) atoms. The van der Waals surface area contributed by atoms with Crippen LogP contribution < -0.4 is 0 Å². The summed E-state index contributed by atoms with van der Waals surface area (Å²) in [6, 6.07) is 0.388. The van der Waals surface area contributed by atoms with Gasteiger partial charge in [0.25, 0.3) is 0 Å². The van der Waals surface area contributed by atoms with Gasteiger partial charge < -0.3 is 4.74 Å². The minimum absolute atomic E-state index is 0.288. The number of nitrogens with zero attached hydrogens (tertiary/aromatic N) is 1. The minimum Gasteiger partial charge on any atom is -0.372 e. The fourth-order valence-corrected chi connectivity index (χ4v) is 2.55. The van der Waals surface area contributed by atoms with Gasteiger partial charge in [-0.3, -0.25) is 9.69 Å². The summed E-state index contributed by atoms with van der Waals surface area (Å²) in [5.74, 6) is 0.288. The van der Waals surface area contributed by atoms with Crippen LogP contribution in [0.5, 0.6) is 0 Å². The molecule has 0 N–H and O–H groups in total. The van der Waals surface area contributed by atoms with Gasteiger partial charge in [-0.2, -0.15) is 0 Å². The first-order chi connectivity index (χ1) is 6.65. The van der Waals surface area contributed by atoms with Gasteiger partial charge in [0.2, 0.25) is 0 Å². The first kappa shape index (κ1) is 10.1. The van der Waals surface area contributed by atoms with Crippen molar-refractivity contribution in [3.05, 3.63) is 0 Å². The Balaban J connectivity index is 1.89. The fourth-order valence-electron chi connectivity index (χ4n) is 2.55. The second kappa shape index (κ2) is 3.99. The number of ketones is 1. The van der Waals surface area contributed by atoms with Gasteiger partial charge in [-0.1, -0.05) is 0 Å². The summed E-state index contributed by atoms with van der Waals surface area (Å²) in [6.45, 7) is 5.85. The normalized spacial score (nSPS) is 34.4. The number of hydrogen-bond donors (Lipinski definition) is 0. The molecule has 2 bridgehead atoms. The highest BCUT2D eigenvalue weighted by Crippen LogP contribution is 2.27. The Morgan fingerprint density at radius 1 is 1.43 bits per heavy atom. The van der Waals surface area contributed by atoms with Crippen LogP contribution in [0.2, 0.25) is 0 Å². The first-order valence-corrected chi connectivity index (χ1v) is 5.54. The summed E-state index contributed by atoms with van der Waals surface area (Å²) in [5, 5.41) is 0. The molecule has 80 valence electrons. The average molecular weight is 197 g/mol. The third kappa shape index (κ3) is 2.15. The van der Waals surface area contributed by atoms with Crippen LogP contribution in [0.4, 0.5) is 0 Å². The van der Waals surface area contributed by atoms with E-state index in [4.69, 9.17) is 4.74 Å². The zero-order chi connectivity index (χ0) is 10.1. The third-order valence-corrected chi connectivity index (χ3v) is 3.28. The molecule has 0 aromatic rings. The fraction of sp³-hybridized carbons (Fsp3) is 0.909. The zero-order valence-electron chi connectivity index (χ0n) is 9.03. The Kier molecular flexibility index (Phi) is 2.88. The molecule has 2 aliphatic heterocycles. The lowest BCUT2D eigenvalue weighted by Crippen LogP contribution is -2.47. The molecule has 0 aromatic carbocycles. The number of carbonyl (C=O) groups is 1. The van der Waals surface area contributed by atoms with Gasteiger partial charge in [-0.05, 0) is 26.7 Å². The lowest BCUT2D eigenvalue weighted by atomic mass is 10.1. The minimum atomic E-state index is 0.288. The van der Waals surface area contributed by atoms with Crippen LogP contribution in [0, 0.1) is 0 Å². The predicted octanol–water partition coefficient (Wildman–Crippen LogP) is 1.22. The number of Topliss-reactive ketones (excluding diaryl/α,β-unsaturated/α-hetero) is 1. The number of fused-ring (bicyclic) bond motifs is 2. The molecule has 0 aromatic heterocycles. The van der Waals surface area contributed by atoms with Crippen molar-refractivity contribution in [3.63, 3.8) is 0 Å². The quantitative estimate of drug-likeness (QED) is 0.681. The van der Waals surface area contributed by atoms with E-state index in [-0.39, 0.29) is 5.78 Å². The van der Waals surface area contributed by atoms with E-state index in [1.807, 2.05) is 0 Å². The second-order valence-corrected chi connectivity index (χ2v) is 4.67. The Morgan fingerprint density at radius 3 is 2.50 bits per heavy atom. The average Bonchev–Trinajstić information content (AvgIpc) is 2.44. The van der Waals surface area contributed by atoms with Crippen LogP contribution in [0.15, 0.2) is 0 Å². The molecular formula is C11H19NO2. The van der Waals surface area contributed by atoms with Crippen LogP contribution in [-0.4, -0.2) is 42.0 Å². The molecule has 2 aliphatic rings. The molecule has 3 heteroatoms. The molecule has 0 aliphatic carbocycles. The molecule has 2 rings (SSSR count). The van der Waals surface area contributed by atoms with Crippen LogP contribution >= 0.6 is 0 Å².